The Hall–Kier alpha value is -0.860. The molecule has 0 aliphatic carbocycles. The van der Waals surface area contributed by atoms with E-state index < -0.39 is 0 Å². The number of rotatable bonds is 9. The van der Waals surface area contributed by atoms with Gasteiger partial charge in [0.15, 0.2) is 0 Å². The van der Waals surface area contributed by atoms with Crippen molar-refractivity contribution in [2.75, 3.05) is 26.8 Å². The Kier molecular flexibility index (Phi) is 7.25. The van der Waals surface area contributed by atoms with E-state index in [1.807, 2.05) is 0 Å². The number of aryl methyl sites for hydroxylation is 1. The van der Waals surface area contributed by atoms with Gasteiger partial charge in [-0.15, -0.1) is 0 Å². The summed E-state index contributed by atoms with van der Waals surface area (Å²) in [7, 11) is 1.74. The van der Waals surface area contributed by atoms with Crippen LogP contribution in [0.3, 0.4) is 0 Å². The van der Waals surface area contributed by atoms with E-state index >= 15 is 0 Å². The highest BCUT2D eigenvalue weighted by Crippen LogP contribution is 2.23. The minimum absolute atomic E-state index is 0.324. The largest absolute Gasteiger partial charge is 0.383 e. The average Bonchev–Trinajstić information content (AvgIpc) is 2.42. The fraction of sp³-hybridized carbons (Fsp3) is 0.667. The van der Waals surface area contributed by atoms with Crippen LogP contribution in [0.25, 0.3) is 0 Å². The lowest BCUT2D eigenvalue weighted by Gasteiger charge is -2.25. The van der Waals surface area contributed by atoms with Crippen LogP contribution in [0.1, 0.15) is 51.2 Å². The number of nitrogens with one attached hydrogen (secondary N) is 1. The maximum atomic E-state index is 5.05. The highest BCUT2D eigenvalue weighted by Gasteiger charge is 2.17. The molecule has 0 spiro atoms. The molecule has 0 fully saturated rings. The summed E-state index contributed by atoms with van der Waals surface area (Å²) in [6, 6.07) is 9.10. The van der Waals surface area contributed by atoms with Crippen molar-refractivity contribution in [1.82, 2.24) is 5.32 Å². The van der Waals surface area contributed by atoms with E-state index in [2.05, 4.69) is 57.3 Å². The zero-order valence-corrected chi connectivity index (χ0v) is 13.8. The Labute approximate surface area is 124 Å². The van der Waals surface area contributed by atoms with Gasteiger partial charge in [-0.1, -0.05) is 52.0 Å². The third-order valence-corrected chi connectivity index (χ3v) is 3.82. The normalized spacial score (nSPS) is 12.1. The molecule has 1 aromatic rings. The van der Waals surface area contributed by atoms with Crippen molar-refractivity contribution in [3.05, 3.63) is 35.4 Å². The van der Waals surface area contributed by atoms with E-state index in [0.717, 1.165) is 26.1 Å². The van der Waals surface area contributed by atoms with Gasteiger partial charge in [-0.2, -0.15) is 0 Å². The summed E-state index contributed by atoms with van der Waals surface area (Å²) in [5.74, 6) is 0.616. The summed E-state index contributed by atoms with van der Waals surface area (Å²) in [6.45, 7) is 11.9. The number of hydrogen-bond donors (Lipinski definition) is 1. The molecule has 0 amide bonds. The van der Waals surface area contributed by atoms with Crippen molar-refractivity contribution in [3.8, 4) is 0 Å². The molecule has 0 heterocycles. The van der Waals surface area contributed by atoms with E-state index in [9.17, 15) is 0 Å². The summed E-state index contributed by atoms with van der Waals surface area (Å²) >= 11 is 0. The SMILES string of the molecule is COCCNCC(C)(C)CCc1ccc(C(C)C)cc1. The molecule has 2 nitrogen and oxygen atoms in total. The number of hydrogen-bond acceptors (Lipinski definition) is 2. The first kappa shape index (κ1) is 17.2. The Bertz CT molecular complexity index is 368. The number of ether oxygens (including phenoxy) is 1. The van der Waals surface area contributed by atoms with E-state index in [0.29, 0.717) is 11.3 Å². The van der Waals surface area contributed by atoms with Gasteiger partial charge in [0.2, 0.25) is 0 Å². The van der Waals surface area contributed by atoms with Crippen molar-refractivity contribution in [2.45, 2.75) is 46.5 Å². The van der Waals surface area contributed by atoms with Crippen LogP contribution in [0.4, 0.5) is 0 Å². The molecule has 0 saturated carbocycles. The topological polar surface area (TPSA) is 21.3 Å². The lowest BCUT2D eigenvalue weighted by molar-refractivity contribution is 0.193. The monoisotopic (exact) mass is 277 g/mol. The molecule has 0 bridgehead atoms. The van der Waals surface area contributed by atoms with Crippen molar-refractivity contribution in [1.29, 1.82) is 0 Å². The Morgan fingerprint density at radius 1 is 1.15 bits per heavy atom. The van der Waals surface area contributed by atoms with Crippen LogP contribution in [0.5, 0.6) is 0 Å². The van der Waals surface area contributed by atoms with Crippen LogP contribution in [0, 0.1) is 5.41 Å². The van der Waals surface area contributed by atoms with Gasteiger partial charge >= 0.3 is 0 Å². The molecule has 1 N–H and O–H groups in total. The van der Waals surface area contributed by atoms with Gasteiger partial charge in [-0.25, -0.2) is 0 Å². The summed E-state index contributed by atoms with van der Waals surface area (Å²) in [4.78, 5) is 0. The van der Waals surface area contributed by atoms with Crippen LogP contribution in [-0.2, 0) is 11.2 Å². The number of benzene rings is 1. The van der Waals surface area contributed by atoms with Gasteiger partial charge in [-0.3, -0.25) is 0 Å². The third kappa shape index (κ3) is 6.53. The van der Waals surface area contributed by atoms with E-state index in [1.54, 1.807) is 7.11 Å². The van der Waals surface area contributed by atoms with Crippen molar-refractivity contribution < 1.29 is 4.74 Å². The van der Waals surface area contributed by atoms with Gasteiger partial charge in [0, 0.05) is 20.2 Å². The van der Waals surface area contributed by atoms with Crippen LogP contribution < -0.4 is 5.32 Å². The third-order valence-electron chi connectivity index (χ3n) is 3.82. The molecule has 0 aromatic heterocycles. The van der Waals surface area contributed by atoms with Gasteiger partial charge in [-0.05, 0) is 35.3 Å². The minimum atomic E-state index is 0.324. The van der Waals surface area contributed by atoms with Gasteiger partial charge in [0.25, 0.3) is 0 Å². The molecular formula is C18H31NO. The summed E-state index contributed by atoms with van der Waals surface area (Å²) in [5, 5.41) is 3.46. The van der Waals surface area contributed by atoms with Crippen molar-refractivity contribution in [3.63, 3.8) is 0 Å². The summed E-state index contributed by atoms with van der Waals surface area (Å²) < 4.78 is 5.05. The quantitative estimate of drug-likeness (QED) is 0.689. The second kappa shape index (κ2) is 8.43. The van der Waals surface area contributed by atoms with E-state index in [-0.39, 0.29) is 0 Å². The van der Waals surface area contributed by atoms with Crippen LogP contribution in [-0.4, -0.2) is 26.8 Å². The maximum Gasteiger partial charge on any atom is 0.0587 e. The van der Waals surface area contributed by atoms with Crippen LogP contribution in [0.2, 0.25) is 0 Å². The lowest BCUT2D eigenvalue weighted by Crippen LogP contribution is -2.31. The van der Waals surface area contributed by atoms with Crippen LogP contribution in [0.15, 0.2) is 24.3 Å². The molecule has 0 aliphatic heterocycles. The fourth-order valence-electron chi connectivity index (χ4n) is 2.24. The molecule has 20 heavy (non-hydrogen) atoms. The molecule has 0 radical (unpaired) electrons. The van der Waals surface area contributed by atoms with Crippen molar-refractivity contribution in [2.24, 2.45) is 5.41 Å². The number of methoxy groups -OCH3 is 1. The maximum absolute atomic E-state index is 5.05. The minimum Gasteiger partial charge on any atom is -0.383 e. The predicted molar refractivity (Wildman–Crippen MR) is 87.4 cm³/mol. The molecule has 2 heteroatoms. The first-order chi connectivity index (χ1) is 9.44. The molecule has 0 saturated heterocycles. The van der Waals surface area contributed by atoms with Crippen LogP contribution >= 0.6 is 0 Å². The van der Waals surface area contributed by atoms with Crippen molar-refractivity contribution >= 4 is 0 Å². The predicted octanol–water partition coefficient (Wildman–Crippen LogP) is 4.00. The van der Waals surface area contributed by atoms with Gasteiger partial charge < -0.3 is 10.1 Å². The molecule has 1 rings (SSSR count). The fourth-order valence-corrected chi connectivity index (χ4v) is 2.24. The Balaban J connectivity index is 2.37. The molecular weight excluding hydrogens is 246 g/mol. The van der Waals surface area contributed by atoms with E-state index in [1.165, 1.54) is 17.5 Å². The second-order valence-corrected chi connectivity index (χ2v) is 6.73. The average molecular weight is 277 g/mol. The zero-order chi connectivity index (χ0) is 15.0. The van der Waals surface area contributed by atoms with Gasteiger partial charge in [0.05, 0.1) is 6.61 Å². The smallest absolute Gasteiger partial charge is 0.0587 e. The van der Waals surface area contributed by atoms with Gasteiger partial charge in [0.1, 0.15) is 0 Å². The lowest BCUT2D eigenvalue weighted by atomic mass is 9.86. The highest BCUT2D eigenvalue weighted by atomic mass is 16.5. The second-order valence-electron chi connectivity index (χ2n) is 6.73. The summed E-state index contributed by atoms with van der Waals surface area (Å²) in [5.41, 5.74) is 3.19. The Morgan fingerprint density at radius 3 is 2.35 bits per heavy atom. The van der Waals surface area contributed by atoms with E-state index in [4.69, 9.17) is 4.74 Å². The molecule has 0 atom stereocenters. The first-order valence-electron chi connectivity index (χ1n) is 7.73. The standard InChI is InChI=1S/C18H31NO/c1-15(2)17-8-6-16(7-9-17)10-11-18(3,4)14-19-12-13-20-5/h6-9,15,19H,10-14H2,1-5H3. The molecule has 0 aliphatic rings. The molecule has 1 aromatic carbocycles. The Morgan fingerprint density at radius 2 is 1.80 bits per heavy atom. The first-order valence-corrected chi connectivity index (χ1v) is 7.73. The highest BCUT2D eigenvalue weighted by molar-refractivity contribution is 5.24. The molecule has 114 valence electrons. The zero-order valence-electron chi connectivity index (χ0n) is 13.8. The summed E-state index contributed by atoms with van der Waals surface area (Å²) in [6.07, 6.45) is 2.35. The molecule has 0 unspecified atom stereocenters.